The number of aryl methyl sites for hydroxylation is 1. The van der Waals surface area contributed by atoms with Gasteiger partial charge in [0.2, 0.25) is 5.91 Å². The van der Waals surface area contributed by atoms with Crippen LogP contribution in [0.1, 0.15) is 25.3 Å². The number of amides is 1. The van der Waals surface area contributed by atoms with Crippen LogP contribution in [-0.2, 0) is 23.0 Å². The van der Waals surface area contributed by atoms with Crippen LogP contribution < -0.4 is 5.32 Å². The van der Waals surface area contributed by atoms with E-state index in [-0.39, 0.29) is 17.9 Å². The number of carbonyl (C=O) groups excluding carboxylic acids is 1. The Hall–Kier alpha value is -1.36. The molecule has 1 saturated heterocycles. The molecule has 5 nitrogen and oxygen atoms in total. The summed E-state index contributed by atoms with van der Waals surface area (Å²) < 4.78 is 7.28. The number of rotatable bonds is 4. The normalized spacial score (nSPS) is 23.9. The minimum atomic E-state index is 0.00708. The average molecular weight is 251 g/mol. The second kappa shape index (κ2) is 6.00. The van der Waals surface area contributed by atoms with Crippen molar-refractivity contribution in [2.75, 3.05) is 13.2 Å². The van der Waals surface area contributed by atoms with E-state index in [9.17, 15) is 4.79 Å². The summed E-state index contributed by atoms with van der Waals surface area (Å²) in [7, 11) is 1.89. The lowest BCUT2D eigenvalue weighted by molar-refractivity contribution is -0.133. The maximum absolute atomic E-state index is 12.0. The highest BCUT2D eigenvalue weighted by atomic mass is 16.5. The van der Waals surface area contributed by atoms with Gasteiger partial charge in [-0.05, 0) is 31.7 Å². The van der Waals surface area contributed by atoms with Crippen LogP contribution in [0.4, 0.5) is 0 Å². The molecule has 1 aliphatic heterocycles. The lowest BCUT2D eigenvalue weighted by atomic mass is 9.94. The molecule has 0 radical (unpaired) electrons. The number of nitrogens with zero attached hydrogens (tertiary/aromatic N) is 2. The fourth-order valence-electron chi connectivity index (χ4n) is 2.33. The molecule has 2 heterocycles. The lowest BCUT2D eigenvalue weighted by Crippen LogP contribution is -2.40. The fraction of sp³-hybridized carbons (Fsp3) is 0.692. The third-order valence-electron chi connectivity index (χ3n) is 3.41. The minimum absolute atomic E-state index is 0.00708. The van der Waals surface area contributed by atoms with Crippen molar-refractivity contribution in [3.63, 3.8) is 0 Å². The van der Waals surface area contributed by atoms with Crippen molar-refractivity contribution in [2.45, 2.75) is 32.3 Å². The molecule has 0 bridgehead atoms. The van der Waals surface area contributed by atoms with E-state index in [2.05, 4.69) is 10.4 Å². The number of ether oxygens (including phenoxy) is 1. The van der Waals surface area contributed by atoms with E-state index < -0.39 is 0 Å². The van der Waals surface area contributed by atoms with Crippen molar-refractivity contribution >= 4 is 5.91 Å². The molecule has 0 spiro atoms. The first-order valence-electron chi connectivity index (χ1n) is 6.53. The van der Waals surface area contributed by atoms with Gasteiger partial charge in [0.15, 0.2) is 0 Å². The molecular formula is C13H21N3O2. The summed E-state index contributed by atoms with van der Waals surface area (Å²) in [5.41, 5.74) is 1.14. The Labute approximate surface area is 108 Å². The summed E-state index contributed by atoms with van der Waals surface area (Å²) in [5.74, 6) is 0.124. The van der Waals surface area contributed by atoms with E-state index in [4.69, 9.17) is 4.74 Å². The zero-order valence-corrected chi connectivity index (χ0v) is 11.1. The van der Waals surface area contributed by atoms with Crippen molar-refractivity contribution in [1.29, 1.82) is 0 Å². The predicted octanol–water partition coefficient (Wildman–Crippen LogP) is 0.894. The van der Waals surface area contributed by atoms with E-state index in [0.29, 0.717) is 6.54 Å². The van der Waals surface area contributed by atoms with Gasteiger partial charge < -0.3 is 10.1 Å². The molecule has 2 unspecified atom stereocenters. The van der Waals surface area contributed by atoms with Gasteiger partial charge in [0, 0.05) is 26.4 Å². The van der Waals surface area contributed by atoms with Crippen molar-refractivity contribution in [1.82, 2.24) is 15.1 Å². The standard InChI is InChI=1S/C13H21N3O2/c1-10-12(4-3-7-18-10)13(17)14-6-5-11-8-15-16(2)9-11/h8-10,12H,3-7H2,1-2H3,(H,14,17). The summed E-state index contributed by atoms with van der Waals surface area (Å²) in [6, 6.07) is 0. The van der Waals surface area contributed by atoms with Gasteiger partial charge in [0.1, 0.15) is 0 Å². The van der Waals surface area contributed by atoms with Gasteiger partial charge in [-0.25, -0.2) is 0 Å². The highest BCUT2D eigenvalue weighted by Crippen LogP contribution is 2.20. The third kappa shape index (κ3) is 3.32. The quantitative estimate of drug-likeness (QED) is 0.864. The number of aromatic nitrogens is 2. The SMILES string of the molecule is CC1OCCCC1C(=O)NCCc1cnn(C)c1. The molecule has 1 aliphatic rings. The van der Waals surface area contributed by atoms with Crippen LogP contribution in [0.15, 0.2) is 12.4 Å². The van der Waals surface area contributed by atoms with Crippen molar-refractivity contribution in [3.05, 3.63) is 18.0 Å². The molecule has 0 aliphatic carbocycles. The molecule has 0 saturated carbocycles. The van der Waals surface area contributed by atoms with Crippen molar-refractivity contribution in [2.24, 2.45) is 13.0 Å². The number of nitrogens with one attached hydrogen (secondary N) is 1. The van der Waals surface area contributed by atoms with E-state index in [1.807, 2.05) is 26.4 Å². The highest BCUT2D eigenvalue weighted by Gasteiger charge is 2.28. The Bertz CT molecular complexity index is 403. The van der Waals surface area contributed by atoms with Gasteiger partial charge in [-0.3, -0.25) is 9.48 Å². The van der Waals surface area contributed by atoms with Crippen LogP contribution >= 0.6 is 0 Å². The van der Waals surface area contributed by atoms with Crippen LogP contribution in [-0.4, -0.2) is 34.9 Å². The summed E-state index contributed by atoms with van der Waals surface area (Å²) in [4.78, 5) is 12.0. The maximum atomic E-state index is 12.0. The first-order chi connectivity index (χ1) is 8.66. The summed E-state index contributed by atoms with van der Waals surface area (Å²) in [5, 5.41) is 7.08. The summed E-state index contributed by atoms with van der Waals surface area (Å²) in [6.07, 6.45) is 6.57. The first kappa shape index (κ1) is 13.1. The van der Waals surface area contributed by atoms with E-state index in [1.54, 1.807) is 4.68 Å². The molecule has 1 aromatic heterocycles. The smallest absolute Gasteiger partial charge is 0.225 e. The van der Waals surface area contributed by atoms with Crippen molar-refractivity contribution < 1.29 is 9.53 Å². The monoisotopic (exact) mass is 251 g/mol. The Morgan fingerprint density at radius 3 is 3.17 bits per heavy atom. The van der Waals surface area contributed by atoms with Crippen LogP contribution in [0.5, 0.6) is 0 Å². The Kier molecular flexibility index (Phi) is 4.36. The molecule has 1 N–H and O–H groups in total. The number of hydrogen-bond acceptors (Lipinski definition) is 3. The Balaban J connectivity index is 1.74. The second-order valence-electron chi connectivity index (χ2n) is 4.89. The molecule has 0 aromatic carbocycles. The first-order valence-corrected chi connectivity index (χ1v) is 6.53. The van der Waals surface area contributed by atoms with Crippen LogP contribution in [0, 0.1) is 5.92 Å². The lowest BCUT2D eigenvalue weighted by Gasteiger charge is -2.27. The van der Waals surface area contributed by atoms with Gasteiger partial charge >= 0.3 is 0 Å². The van der Waals surface area contributed by atoms with Gasteiger partial charge in [-0.15, -0.1) is 0 Å². The third-order valence-corrected chi connectivity index (χ3v) is 3.41. The molecule has 2 rings (SSSR count). The number of hydrogen-bond donors (Lipinski definition) is 1. The molecule has 1 aromatic rings. The average Bonchev–Trinajstić information content (AvgIpc) is 2.75. The van der Waals surface area contributed by atoms with Gasteiger partial charge in [-0.1, -0.05) is 0 Å². The molecule has 1 amide bonds. The van der Waals surface area contributed by atoms with Gasteiger partial charge in [0.25, 0.3) is 0 Å². The zero-order chi connectivity index (χ0) is 13.0. The van der Waals surface area contributed by atoms with E-state index in [0.717, 1.165) is 31.4 Å². The Morgan fingerprint density at radius 2 is 2.50 bits per heavy atom. The molecule has 18 heavy (non-hydrogen) atoms. The maximum Gasteiger partial charge on any atom is 0.225 e. The van der Waals surface area contributed by atoms with Gasteiger partial charge in [0.05, 0.1) is 18.2 Å². The zero-order valence-electron chi connectivity index (χ0n) is 11.1. The topological polar surface area (TPSA) is 56.1 Å². The highest BCUT2D eigenvalue weighted by molar-refractivity contribution is 5.79. The Morgan fingerprint density at radius 1 is 1.67 bits per heavy atom. The largest absolute Gasteiger partial charge is 0.378 e. The van der Waals surface area contributed by atoms with Crippen LogP contribution in [0.2, 0.25) is 0 Å². The van der Waals surface area contributed by atoms with E-state index in [1.165, 1.54) is 0 Å². The van der Waals surface area contributed by atoms with Crippen LogP contribution in [0.25, 0.3) is 0 Å². The summed E-state index contributed by atoms with van der Waals surface area (Å²) >= 11 is 0. The molecule has 1 fully saturated rings. The minimum Gasteiger partial charge on any atom is -0.378 e. The molecule has 5 heteroatoms. The predicted molar refractivity (Wildman–Crippen MR) is 68.1 cm³/mol. The molecule has 2 atom stereocenters. The van der Waals surface area contributed by atoms with Crippen molar-refractivity contribution in [3.8, 4) is 0 Å². The van der Waals surface area contributed by atoms with Gasteiger partial charge in [-0.2, -0.15) is 5.10 Å². The van der Waals surface area contributed by atoms with E-state index >= 15 is 0 Å². The molecular weight excluding hydrogens is 230 g/mol. The fourth-order valence-corrected chi connectivity index (χ4v) is 2.33. The number of carbonyl (C=O) groups is 1. The van der Waals surface area contributed by atoms with Crippen LogP contribution in [0.3, 0.4) is 0 Å². The summed E-state index contributed by atoms with van der Waals surface area (Å²) in [6.45, 7) is 3.42. The molecule has 100 valence electrons. The second-order valence-corrected chi connectivity index (χ2v) is 4.89.